The zero-order valence-electron chi connectivity index (χ0n) is 7.99. The van der Waals surface area contributed by atoms with Gasteiger partial charge in [-0.2, -0.15) is 4.99 Å². The summed E-state index contributed by atoms with van der Waals surface area (Å²) in [6.07, 6.45) is 1.84. The third-order valence-corrected chi connectivity index (χ3v) is 1.97. The van der Waals surface area contributed by atoms with E-state index < -0.39 is 22.6 Å². The number of nitro groups is 1. The monoisotopic (exact) mass is 214 g/mol. The van der Waals surface area contributed by atoms with Crippen molar-refractivity contribution in [2.45, 2.75) is 18.1 Å². The van der Waals surface area contributed by atoms with Crippen LogP contribution >= 0.6 is 0 Å². The van der Waals surface area contributed by atoms with Gasteiger partial charge < -0.3 is 10.5 Å². The maximum absolute atomic E-state index is 11.0. The van der Waals surface area contributed by atoms with E-state index in [0.29, 0.717) is 0 Å². The van der Waals surface area contributed by atoms with Gasteiger partial charge in [0, 0.05) is 0 Å². The number of nitrogens with zero attached hydrogens (tertiary/aromatic N) is 3. The number of esters is 1. The topological polar surface area (TPSA) is 120 Å². The minimum absolute atomic E-state index is 0.271. The Kier molecular flexibility index (Phi) is 3.10. The number of carbonyl (C=O) groups excluding carboxylic acids is 1. The van der Waals surface area contributed by atoms with E-state index in [1.54, 1.807) is 0 Å². The molecule has 8 nitrogen and oxygen atoms in total. The summed E-state index contributed by atoms with van der Waals surface area (Å²) in [7, 11) is 1.16. The number of nitrogens with two attached hydrogens (primary N) is 1. The molecular formula is C7H10N4O4. The fraction of sp³-hybridized carbons (Fsp3) is 0.571. The Morgan fingerprint density at radius 3 is 2.87 bits per heavy atom. The van der Waals surface area contributed by atoms with Crippen LogP contribution in [0.4, 0.5) is 0 Å². The summed E-state index contributed by atoms with van der Waals surface area (Å²) in [6, 6.07) is -1.10. The van der Waals surface area contributed by atoms with Gasteiger partial charge in [0.15, 0.2) is 0 Å². The lowest BCUT2D eigenvalue weighted by atomic mass is 10.0. The van der Waals surface area contributed by atoms with Gasteiger partial charge in [0.25, 0.3) is 0 Å². The minimum atomic E-state index is -1.73. The first-order valence-corrected chi connectivity index (χ1v) is 4.08. The molecule has 0 amide bonds. The van der Waals surface area contributed by atoms with Crippen molar-refractivity contribution in [1.82, 2.24) is 0 Å². The highest BCUT2D eigenvalue weighted by Gasteiger charge is 2.45. The predicted molar refractivity (Wildman–Crippen MR) is 51.3 cm³/mol. The lowest BCUT2D eigenvalue weighted by Gasteiger charge is -2.16. The van der Waals surface area contributed by atoms with Crippen LogP contribution in [0.5, 0.6) is 0 Å². The van der Waals surface area contributed by atoms with E-state index in [9.17, 15) is 14.9 Å². The zero-order chi connectivity index (χ0) is 11.5. The molecule has 1 rings (SSSR count). The van der Waals surface area contributed by atoms with Crippen molar-refractivity contribution < 1.29 is 14.5 Å². The first-order chi connectivity index (χ1) is 7.02. The van der Waals surface area contributed by atoms with E-state index in [1.165, 1.54) is 0 Å². The Labute approximate surface area is 85.0 Å². The summed E-state index contributed by atoms with van der Waals surface area (Å²) in [5, 5.41) is 10.8. The summed E-state index contributed by atoms with van der Waals surface area (Å²) in [5.74, 6) is -0.716. The first-order valence-electron chi connectivity index (χ1n) is 4.08. The second-order valence-electron chi connectivity index (χ2n) is 2.99. The molecule has 8 heteroatoms. The van der Waals surface area contributed by atoms with Crippen molar-refractivity contribution in [3.63, 3.8) is 0 Å². The van der Waals surface area contributed by atoms with Crippen molar-refractivity contribution >= 4 is 18.5 Å². The van der Waals surface area contributed by atoms with Crippen LogP contribution in [0.3, 0.4) is 0 Å². The average Bonchev–Trinajstić information content (AvgIpc) is 2.66. The molecule has 1 heterocycles. The van der Waals surface area contributed by atoms with Crippen LogP contribution in [-0.2, 0) is 9.53 Å². The van der Waals surface area contributed by atoms with E-state index in [1.807, 2.05) is 0 Å². The molecule has 0 saturated carbocycles. The third-order valence-electron chi connectivity index (χ3n) is 1.97. The van der Waals surface area contributed by atoms with Crippen LogP contribution in [0.1, 0.15) is 6.42 Å². The maximum Gasteiger partial charge on any atom is 0.352 e. The lowest BCUT2D eigenvalue weighted by molar-refractivity contribution is -0.544. The summed E-state index contributed by atoms with van der Waals surface area (Å²) in [4.78, 5) is 28.2. The summed E-state index contributed by atoms with van der Waals surface area (Å²) < 4.78 is 4.36. The van der Waals surface area contributed by atoms with Crippen molar-refractivity contribution in [2.75, 3.05) is 7.11 Å². The summed E-state index contributed by atoms with van der Waals surface area (Å²) in [5.41, 5.74) is 3.69. The summed E-state index contributed by atoms with van der Waals surface area (Å²) in [6.45, 7) is 0. The van der Waals surface area contributed by atoms with E-state index in [-0.39, 0.29) is 6.42 Å². The number of hydrogen-bond acceptors (Lipinski definition) is 7. The molecule has 0 spiro atoms. The molecule has 0 aromatic heterocycles. The number of methoxy groups -OCH3 is 1. The highest BCUT2D eigenvalue weighted by Crippen LogP contribution is 2.19. The molecule has 2 N–H and O–H groups in total. The average molecular weight is 214 g/mol. The van der Waals surface area contributed by atoms with Crippen molar-refractivity contribution in [3.8, 4) is 0 Å². The predicted octanol–water partition coefficient (Wildman–Crippen LogP) is -1.04. The van der Waals surface area contributed by atoms with Crippen molar-refractivity contribution in [2.24, 2.45) is 15.7 Å². The van der Waals surface area contributed by atoms with Crippen molar-refractivity contribution in [1.29, 1.82) is 0 Å². The Hall–Kier alpha value is -1.83. The Morgan fingerprint density at radius 1 is 1.80 bits per heavy atom. The SMILES string of the molecule is COC(=O)C(N)CC1([N+](=O)[O-])C=NC=N1. The van der Waals surface area contributed by atoms with Gasteiger partial charge in [0.05, 0.1) is 18.5 Å². The minimum Gasteiger partial charge on any atom is -0.468 e. The largest absolute Gasteiger partial charge is 0.468 e. The fourth-order valence-electron chi connectivity index (χ4n) is 1.15. The van der Waals surface area contributed by atoms with Crippen LogP contribution < -0.4 is 5.73 Å². The molecule has 0 saturated heterocycles. The number of hydrogen-bond donors (Lipinski definition) is 1. The molecule has 1 aliphatic rings. The van der Waals surface area contributed by atoms with E-state index >= 15 is 0 Å². The lowest BCUT2D eigenvalue weighted by Crippen LogP contribution is -2.45. The van der Waals surface area contributed by atoms with Crippen LogP contribution in [0.15, 0.2) is 9.98 Å². The van der Waals surface area contributed by atoms with Gasteiger partial charge in [-0.05, 0) is 0 Å². The second kappa shape index (κ2) is 4.13. The number of ether oxygens (including phenoxy) is 1. The molecule has 0 bridgehead atoms. The number of rotatable bonds is 4. The fourth-order valence-corrected chi connectivity index (χ4v) is 1.15. The normalized spacial score (nSPS) is 25.2. The van der Waals surface area contributed by atoms with Crippen LogP contribution in [0, 0.1) is 10.1 Å². The molecule has 0 aromatic carbocycles. The van der Waals surface area contributed by atoms with Crippen LogP contribution in [0.25, 0.3) is 0 Å². The molecule has 0 aromatic rings. The summed E-state index contributed by atoms with van der Waals surface area (Å²) >= 11 is 0. The molecule has 82 valence electrons. The smallest absolute Gasteiger partial charge is 0.352 e. The molecule has 2 unspecified atom stereocenters. The highest BCUT2D eigenvalue weighted by atomic mass is 16.6. The van der Waals surface area contributed by atoms with Crippen molar-refractivity contribution in [3.05, 3.63) is 10.1 Å². The molecule has 0 radical (unpaired) electrons. The molecule has 2 atom stereocenters. The molecule has 1 aliphatic heterocycles. The molecule has 0 aliphatic carbocycles. The van der Waals surface area contributed by atoms with E-state index in [4.69, 9.17) is 5.73 Å². The van der Waals surface area contributed by atoms with Gasteiger partial charge in [0.2, 0.25) is 0 Å². The second-order valence-corrected chi connectivity index (χ2v) is 2.99. The third kappa shape index (κ3) is 2.15. The Morgan fingerprint density at radius 2 is 2.47 bits per heavy atom. The Bertz CT molecular complexity index is 326. The maximum atomic E-state index is 11.0. The quantitative estimate of drug-likeness (QED) is 0.364. The van der Waals surface area contributed by atoms with Gasteiger partial charge in [-0.3, -0.25) is 14.9 Å². The molecule has 0 fully saturated rings. The Balaban J connectivity index is 2.78. The zero-order valence-corrected chi connectivity index (χ0v) is 7.99. The number of carbonyl (C=O) groups is 1. The van der Waals surface area contributed by atoms with Crippen LogP contribution in [-0.4, -0.2) is 42.3 Å². The standard InChI is InChI=1S/C7H10N4O4/c1-15-6(12)5(8)2-7(11(13)14)3-9-4-10-7/h3-5H,2,8H2,1H3. The molecule has 15 heavy (non-hydrogen) atoms. The number of aliphatic imine (C=N–C) groups is 2. The van der Waals surface area contributed by atoms with Gasteiger partial charge in [-0.15, -0.1) is 0 Å². The highest BCUT2D eigenvalue weighted by molar-refractivity contribution is 5.85. The van der Waals surface area contributed by atoms with Gasteiger partial charge >= 0.3 is 11.6 Å². The molecular weight excluding hydrogens is 204 g/mol. The van der Waals surface area contributed by atoms with Gasteiger partial charge in [-0.25, -0.2) is 4.99 Å². The van der Waals surface area contributed by atoms with E-state index in [2.05, 4.69) is 14.7 Å². The van der Waals surface area contributed by atoms with Gasteiger partial charge in [0.1, 0.15) is 18.6 Å². The van der Waals surface area contributed by atoms with Crippen LogP contribution in [0.2, 0.25) is 0 Å². The van der Waals surface area contributed by atoms with E-state index in [0.717, 1.165) is 19.7 Å². The first kappa shape index (κ1) is 11.2. The van der Waals surface area contributed by atoms with Gasteiger partial charge in [-0.1, -0.05) is 0 Å².